The van der Waals surface area contributed by atoms with Crippen molar-refractivity contribution in [3.05, 3.63) is 17.5 Å². The lowest BCUT2D eigenvalue weighted by molar-refractivity contribution is 0.433. The highest BCUT2D eigenvalue weighted by atomic mass is 15.1. The van der Waals surface area contributed by atoms with E-state index in [9.17, 15) is 0 Å². The Morgan fingerprint density at radius 2 is 2.12 bits per heavy atom. The quantitative estimate of drug-likeness (QED) is 0.710. The van der Waals surface area contributed by atoms with E-state index in [1.165, 1.54) is 43.4 Å². The van der Waals surface area contributed by atoms with Crippen LogP contribution in [0.5, 0.6) is 0 Å². The third kappa shape index (κ3) is 4.35. The standard InChI is InChI=1S/C13H25N3/c1-4-6-8-13(7-5-2)14-9-12-10-15-16-11(12)3/h10,13-14H,4-9H2,1-3H3,(H,15,16). The summed E-state index contributed by atoms with van der Waals surface area (Å²) in [6, 6.07) is 0.666. The summed E-state index contributed by atoms with van der Waals surface area (Å²) in [6.45, 7) is 7.52. The Hall–Kier alpha value is -0.830. The maximum atomic E-state index is 4.04. The van der Waals surface area contributed by atoms with Crippen LogP contribution in [0.25, 0.3) is 0 Å². The lowest BCUT2D eigenvalue weighted by atomic mass is 10.0. The van der Waals surface area contributed by atoms with Gasteiger partial charge in [0.1, 0.15) is 0 Å². The second-order valence-electron chi connectivity index (χ2n) is 4.53. The molecule has 0 amide bonds. The van der Waals surface area contributed by atoms with Gasteiger partial charge in [0.25, 0.3) is 0 Å². The Balaban J connectivity index is 2.34. The van der Waals surface area contributed by atoms with E-state index in [1.54, 1.807) is 0 Å². The van der Waals surface area contributed by atoms with Crippen molar-refractivity contribution < 1.29 is 0 Å². The summed E-state index contributed by atoms with van der Waals surface area (Å²) in [5, 5.41) is 10.7. The monoisotopic (exact) mass is 223 g/mol. The van der Waals surface area contributed by atoms with Gasteiger partial charge in [0.15, 0.2) is 0 Å². The van der Waals surface area contributed by atoms with E-state index >= 15 is 0 Å². The van der Waals surface area contributed by atoms with Gasteiger partial charge in [0.2, 0.25) is 0 Å². The third-order valence-corrected chi connectivity index (χ3v) is 3.06. The number of aromatic nitrogens is 2. The average molecular weight is 223 g/mol. The smallest absolute Gasteiger partial charge is 0.0535 e. The van der Waals surface area contributed by atoms with E-state index in [0.717, 1.165) is 6.54 Å². The molecule has 1 heterocycles. The van der Waals surface area contributed by atoms with Crippen LogP contribution in [0.1, 0.15) is 57.2 Å². The molecule has 1 aromatic rings. The van der Waals surface area contributed by atoms with E-state index in [4.69, 9.17) is 0 Å². The van der Waals surface area contributed by atoms with Crippen LogP contribution in [0.3, 0.4) is 0 Å². The fraction of sp³-hybridized carbons (Fsp3) is 0.769. The van der Waals surface area contributed by atoms with Crippen LogP contribution in [0.4, 0.5) is 0 Å². The first-order chi connectivity index (χ1) is 7.77. The number of hydrogen-bond acceptors (Lipinski definition) is 2. The molecular weight excluding hydrogens is 198 g/mol. The Morgan fingerprint density at radius 1 is 1.31 bits per heavy atom. The molecule has 0 aromatic carbocycles. The summed E-state index contributed by atoms with van der Waals surface area (Å²) in [4.78, 5) is 0. The first-order valence-corrected chi connectivity index (χ1v) is 6.50. The van der Waals surface area contributed by atoms with Crippen molar-refractivity contribution in [1.29, 1.82) is 0 Å². The molecular formula is C13H25N3. The van der Waals surface area contributed by atoms with E-state index in [2.05, 4.69) is 36.3 Å². The van der Waals surface area contributed by atoms with Crippen molar-refractivity contribution in [1.82, 2.24) is 15.5 Å². The first-order valence-electron chi connectivity index (χ1n) is 6.50. The van der Waals surface area contributed by atoms with Gasteiger partial charge in [-0.2, -0.15) is 5.10 Å². The summed E-state index contributed by atoms with van der Waals surface area (Å²) in [5.74, 6) is 0. The van der Waals surface area contributed by atoms with Crippen LogP contribution in [-0.2, 0) is 6.54 Å². The van der Waals surface area contributed by atoms with Crippen LogP contribution in [0.15, 0.2) is 6.20 Å². The zero-order valence-electron chi connectivity index (χ0n) is 10.8. The van der Waals surface area contributed by atoms with Crippen molar-refractivity contribution in [2.24, 2.45) is 0 Å². The largest absolute Gasteiger partial charge is 0.310 e. The normalized spacial score (nSPS) is 12.9. The average Bonchev–Trinajstić information content (AvgIpc) is 2.68. The van der Waals surface area contributed by atoms with Crippen LogP contribution in [-0.4, -0.2) is 16.2 Å². The molecule has 0 radical (unpaired) electrons. The van der Waals surface area contributed by atoms with Crippen LogP contribution in [0.2, 0.25) is 0 Å². The van der Waals surface area contributed by atoms with Crippen molar-refractivity contribution in [2.75, 3.05) is 0 Å². The fourth-order valence-electron chi connectivity index (χ4n) is 1.96. The van der Waals surface area contributed by atoms with Gasteiger partial charge >= 0.3 is 0 Å². The fourth-order valence-corrected chi connectivity index (χ4v) is 1.96. The Bertz CT molecular complexity index is 280. The lowest BCUT2D eigenvalue weighted by Crippen LogP contribution is -2.28. The lowest BCUT2D eigenvalue weighted by Gasteiger charge is -2.17. The minimum absolute atomic E-state index is 0.666. The molecule has 0 spiro atoms. The maximum absolute atomic E-state index is 4.04. The van der Waals surface area contributed by atoms with Crippen LogP contribution < -0.4 is 5.32 Å². The molecule has 1 unspecified atom stereocenters. The van der Waals surface area contributed by atoms with Gasteiger partial charge < -0.3 is 5.32 Å². The van der Waals surface area contributed by atoms with Gasteiger partial charge in [-0.15, -0.1) is 0 Å². The predicted octanol–water partition coefficient (Wildman–Crippen LogP) is 3.17. The molecule has 1 rings (SSSR count). The summed E-state index contributed by atoms with van der Waals surface area (Å²) < 4.78 is 0. The Kier molecular flexibility index (Phi) is 6.16. The first kappa shape index (κ1) is 13.2. The van der Waals surface area contributed by atoms with Crippen molar-refractivity contribution >= 4 is 0 Å². The summed E-state index contributed by atoms with van der Waals surface area (Å²) in [6.07, 6.45) is 8.35. The molecule has 0 fully saturated rings. The van der Waals surface area contributed by atoms with E-state index < -0.39 is 0 Å². The molecule has 0 saturated carbocycles. The number of hydrogen-bond donors (Lipinski definition) is 2. The number of aromatic amines is 1. The van der Waals surface area contributed by atoms with E-state index in [0.29, 0.717) is 6.04 Å². The van der Waals surface area contributed by atoms with Crippen LogP contribution in [0, 0.1) is 6.92 Å². The minimum atomic E-state index is 0.666. The van der Waals surface area contributed by atoms with Crippen molar-refractivity contribution in [3.63, 3.8) is 0 Å². The molecule has 0 aliphatic carbocycles. The molecule has 16 heavy (non-hydrogen) atoms. The zero-order valence-corrected chi connectivity index (χ0v) is 10.8. The molecule has 92 valence electrons. The highest BCUT2D eigenvalue weighted by molar-refractivity contribution is 5.13. The number of nitrogens with zero attached hydrogens (tertiary/aromatic N) is 1. The second kappa shape index (κ2) is 7.44. The third-order valence-electron chi connectivity index (χ3n) is 3.06. The van der Waals surface area contributed by atoms with E-state index in [1.807, 2.05) is 6.20 Å². The number of rotatable bonds is 8. The molecule has 1 aromatic heterocycles. The van der Waals surface area contributed by atoms with Gasteiger partial charge in [-0.3, -0.25) is 5.10 Å². The van der Waals surface area contributed by atoms with Crippen molar-refractivity contribution in [2.45, 2.75) is 65.5 Å². The Morgan fingerprint density at radius 3 is 2.69 bits per heavy atom. The van der Waals surface area contributed by atoms with E-state index in [-0.39, 0.29) is 0 Å². The minimum Gasteiger partial charge on any atom is -0.310 e. The molecule has 1 atom stereocenters. The van der Waals surface area contributed by atoms with Gasteiger partial charge in [-0.25, -0.2) is 0 Å². The zero-order chi connectivity index (χ0) is 11.8. The molecule has 3 nitrogen and oxygen atoms in total. The summed E-state index contributed by atoms with van der Waals surface area (Å²) >= 11 is 0. The molecule has 0 aliphatic rings. The predicted molar refractivity (Wildman–Crippen MR) is 68.4 cm³/mol. The van der Waals surface area contributed by atoms with Gasteiger partial charge in [0.05, 0.1) is 6.20 Å². The maximum Gasteiger partial charge on any atom is 0.0535 e. The number of H-pyrrole nitrogens is 1. The topological polar surface area (TPSA) is 40.7 Å². The highest BCUT2D eigenvalue weighted by Gasteiger charge is 2.07. The molecule has 3 heteroatoms. The highest BCUT2D eigenvalue weighted by Crippen LogP contribution is 2.09. The molecule has 2 N–H and O–H groups in total. The summed E-state index contributed by atoms with van der Waals surface area (Å²) in [5.41, 5.74) is 2.47. The van der Waals surface area contributed by atoms with Crippen LogP contribution >= 0.6 is 0 Å². The molecule has 0 aliphatic heterocycles. The number of nitrogens with one attached hydrogen (secondary N) is 2. The van der Waals surface area contributed by atoms with Crippen molar-refractivity contribution in [3.8, 4) is 0 Å². The Labute approximate surface area is 99.0 Å². The second-order valence-corrected chi connectivity index (χ2v) is 4.53. The SMILES string of the molecule is CCCCC(CCC)NCc1cn[nH]c1C. The molecule has 0 saturated heterocycles. The number of aryl methyl sites for hydroxylation is 1. The molecule has 0 bridgehead atoms. The number of unbranched alkanes of at least 4 members (excludes halogenated alkanes) is 1. The van der Waals surface area contributed by atoms with Gasteiger partial charge in [-0.1, -0.05) is 33.1 Å². The summed E-state index contributed by atoms with van der Waals surface area (Å²) in [7, 11) is 0. The van der Waals surface area contributed by atoms with Gasteiger partial charge in [0, 0.05) is 23.8 Å². The van der Waals surface area contributed by atoms with Gasteiger partial charge in [-0.05, 0) is 19.8 Å².